The molecule has 1 aliphatic rings. The Bertz CT molecular complexity index is 933. The van der Waals surface area contributed by atoms with Crippen molar-refractivity contribution in [3.8, 4) is 17.0 Å². The van der Waals surface area contributed by atoms with Crippen LogP contribution in [0.15, 0.2) is 61.1 Å². The van der Waals surface area contributed by atoms with Crippen LogP contribution >= 0.6 is 0 Å². The van der Waals surface area contributed by atoms with Crippen LogP contribution in [0.5, 0.6) is 5.75 Å². The number of hydrogen-bond donors (Lipinski definition) is 2. The Morgan fingerprint density at radius 1 is 1.13 bits per heavy atom. The van der Waals surface area contributed by atoms with Gasteiger partial charge in [0.2, 0.25) is 5.91 Å². The number of anilines is 1. The highest BCUT2D eigenvalue weighted by atomic mass is 16.5. The third kappa shape index (κ3) is 5.48. The highest BCUT2D eigenvalue weighted by Crippen LogP contribution is 2.28. The van der Waals surface area contributed by atoms with Crippen molar-refractivity contribution in [2.75, 3.05) is 25.1 Å². The Morgan fingerprint density at radius 2 is 1.93 bits per heavy atom. The molecule has 0 radical (unpaired) electrons. The number of aromatic nitrogens is 2. The molecule has 0 bridgehead atoms. The van der Waals surface area contributed by atoms with Gasteiger partial charge in [0, 0.05) is 43.5 Å². The normalized spacial score (nSPS) is 14.4. The molecule has 30 heavy (non-hydrogen) atoms. The lowest BCUT2D eigenvalue weighted by molar-refractivity contribution is -0.117. The molecule has 2 heterocycles. The monoisotopic (exact) mass is 405 g/mol. The van der Waals surface area contributed by atoms with Crippen molar-refractivity contribution >= 4 is 11.6 Å². The van der Waals surface area contributed by atoms with Gasteiger partial charge in [-0.25, -0.2) is 4.98 Å². The van der Waals surface area contributed by atoms with Crippen LogP contribution in [-0.4, -0.2) is 35.7 Å². The fourth-order valence-corrected chi connectivity index (χ4v) is 3.67. The van der Waals surface area contributed by atoms with Crippen LogP contribution in [0.4, 0.5) is 5.69 Å². The molecule has 2 N–H and O–H groups in total. The summed E-state index contributed by atoms with van der Waals surface area (Å²) in [5.41, 5.74) is 3.84. The summed E-state index contributed by atoms with van der Waals surface area (Å²) >= 11 is 0. The number of amides is 1. The summed E-state index contributed by atoms with van der Waals surface area (Å²) in [6, 6.07) is 15.9. The predicted octanol–water partition coefficient (Wildman–Crippen LogP) is 4.45. The summed E-state index contributed by atoms with van der Waals surface area (Å²) in [6.45, 7) is 2.10. The molecular formula is C24H27N3O3. The number of hydrogen-bond acceptors (Lipinski definition) is 4. The molecule has 0 saturated carbocycles. The molecular weight excluding hydrogens is 378 g/mol. The Balaban J connectivity index is 1.26. The van der Waals surface area contributed by atoms with Gasteiger partial charge in [-0.2, -0.15) is 0 Å². The van der Waals surface area contributed by atoms with Crippen molar-refractivity contribution < 1.29 is 14.3 Å². The van der Waals surface area contributed by atoms with Gasteiger partial charge in [0.25, 0.3) is 0 Å². The maximum atomic E-state index is 12.2. The molecule has 4 rings (SSSR count). The number of aromatic amines is 1. The quantitative estimate of drug-likeness (QED) is 0.580. The van der Waals surface area contributed by atoms with Crippen LogP contribution in [0.3, 0.4) is 0 Å². The topological polar surface area (TPSA) is 76.2 Å². The zero-order valence-corrected chi connectivity index (χ0v) is 17.0. The Morgan fingerprint density at radius 3 is 2.70 bits per heavy atom. The zero-order chi connectivity index (χ0) is 20.6. The number of benzene rings is 2. The van der Waals surface area contributed by atoms with Crippen molar-refractivity contribution in [3.63, 3.8) is 0 Å². The van der Waals surface area contributed by atoms with E-state index in [2.05, 4.69) is 15.3 Å². The number of nitrogens with zero attached hydrogens (tertiary/aromatic N) is 1. The Labute approximate surface area is 176 Å². The fraction of sp³-hybridized carbons (Fsp3) is 0.333. The van der Waals surface area contributed by atoms with Gasteiger partial charge in [0.1, 0.15) is 5.75 Å². The summed E-state index contributed by atoms with van der Waals surface area (Å²) in [5, 5.41) is 3.00. The first kappa shape index (κ1) is 20.2. The van der Waals surface area contributed by atoms with Crippen LogP contribution in [0.2, 0.25) is 0 Å². The average molecular weight is 405 g/mol. The molecule has 1 aromatic heterocycles. The maximum absolute atomic E-state index is 12.2. The average Bonchev–Trinajstić information content (AvgIpc) is 3.31. The van der Waals surface area contributed by atoms with E-state index in [1.54, 1.807) is 6.33 Å². The molecule has 1 saturated heterocycles. The minimum absolute atomic E-state index is 0.0768. The predicted molar refractivity (Wildman–Crippen MR) is 116 cm³/mol. The second-order valence-corrected chi connectivity index (χ2v) is 7.55. The number of rotatable bonds is 8. The van der Waals surface area contributed by atoms with E-state index in [1.807, 2.05) is 54.7 Å². The number of nitrogens with one attached hydrogen (secondary N) is 2. The van der Waals surface area contributed by atoms with Crippen LogP contribution in [0, 0.1) is 5.92 Å². The van der Waals surface area contributed by atoms with Gasteiger partial charge in [0.15, 0.2) is 0 Å². The molecule has 3 aromatic rings. The second kappa shape index (κ2) is 10.1. The SMILES string of the molecule is O=C(CC1CCOCC1)Nc1ccc(CCOc2ccccc2-c2c[nH]cn2)cc1. The lowest BCUT2D eigenvalue weighted by atomic mass is 9.96. The third-order valence-electron chi connectivity index (χ3n) is 5.36. The zero-order valence-electron chi connectivity index (χ0n) is 17.0. The molecule has 0 atom stereocenters. The molecule has 0 aliphatic carbocycles. The summed E-state index contributed by atoms with van der Waals surface area (Å²) in [5.74, 6) is 1.33. The van der Waals surface area contributed by atoms with Crippen molar-refractivity contribution in [2.45, 2.75) is 25.7 Å². The van der Waals surface area contributed by atoms with Crippen molar-refractivity contribution in [3.05, 3.63) is 66.6 Å². The number of carbonyl (C=O) groups is 1. The van der Waals surface area contributed by atoms with E-state index in [9.17, 15) is 4.79 Å². The molecule has 1 amide bonds. The molecule has 2 aromatic carbocycles. The largest absolute Gasteiger partial charge is 0.493 e. The molecule has 6 nitrogen and oxygen atoms in total. The highest BCUT2D eigenvalue weighted by Gasteiger charge is 2.17. The molecule has 1 aliphatic heterocycles. The first-order valence-corrected chi connectivity index (χ1v) is 10.5. The van der Waals surface area contributed by atoms with Crippen LogP contribution in [0.1, 0.15) is 24.8 Å². The lowest BCUT2D eigenvalue weighted by Gasteiger charge is -2.21. The van der Waals surface area contributed by atoms with E-state index in [0.717, 1.165) is 60.7 Å². The first-order chi connectivity index (χ1) is 14.8. The summed E-state index contributed by atoms with van der Waals surface area (Å²) in [4.78, 5) is 19.5. The molecule has 1 fully saturated rings. The number of ether oxygens (including phenoxy) is 2. The Hall–Kier alpha value is -3.12. The van der Waals surface area contributed by atoms with Crippen LogP contribution in [-0.2, 0) is 16.0 Å². The smallest absolute Gasteiger partial charge is 0.224 e. The summed E-state index contributed by atoms with van der Waals surface area (Å²) in [7, 11) is 0. The van der Waals surface area contributed by atoms with E-state index < -0.39 is 0 Å². The van der Waals surface area contributed by atoms with Gasteiger partial charge < -0.3 is 19.8 Å². The van der Waals surface area contributed by atoms with Crippen LogP contribution in [0.25, 0.3) is 11.3 Å². The van der Waals surface area contributed by atoms with E-state index in [0.29, 0.717) is 18.9 Å². The Kier molecular flexibility index (Phi) is 6.77. The van der Waals surface area contributed by atoms with Crippen molar-refractivity contribution in [2.24, 2.45) is 5.92 Å². The lowest BCUT2D eigenvalue weighted by Crippen LogP contribution is -2.22. The van der Waals surface area contributed by atoms with E-state index in [4.69, 9.17) is 9.47 Å². The molecule has 0 unspecified atom stereocenters. The fourth-order valence-electron chi connectivity index (χ4n) is 3.67. The van der Waals surface area contributed by atoms with E-state index in [1.165, 1.54) is 0 Å². The van der Waals surface area contributed by atoms with Crippen molar-refractivity contribution in [1.29, 1.82) is 0 Å². The number of imidazole rings is 1. The van der Waals surface area contributed by atoms with Gasteiger partial charge in [0.05, 0.1) is 18.6 Å². The third-order valence-corrected chi connectivity index (χ3v) is 5.36. The van der Waals surface area contributed by atoms with Gasteiger partial charge in [-0.15, -0.1) is 0 Å². The van der Waals surface area contributed by atoms with Gasteiger partial charge in [-0.3, -0.25) is 4.79 Å². The number of para-hydroxylation sites is 1. The van der Waals surface area contributed by atoms with Gasteiger partial charge in [-0.05, 0) is 48.6 Å². The molecule has 6 heteroatoms. The van der Waals surface area contributed by atoms with Gasteiger partial charge in [-0.1, -0.05) is 24.3 Å². The number of H-pyrrole nitrogens is 1. The molecule has 156 valence electrons. The summed E-state index contributed by atoms with van der Waals surface area (Å²) < 4.78 is 11.4. The molecule has 0 spiro atoms. The maximum Gasteiger partial charge on any atom is 0.224 e. The number of carbonyl (C=O) groups excluding carboxylic acids is 1. The summed E-state index contributed by atoms with van der Waals surface area (Å²) in [6.07, 6.45) is 6.80. The van der Waals surface area contributed by atoms with Gasteiger partial charge >= 0.3 is 0 Å². The standard InChI is InChI=1S/C24H27N3O3/c28-24(15-19-9-12-29-13-10-19)27-20-7-5-18(6-8-20)11-14-30-23-4-2-1-3-21(23)22-16-25-17-26-22/h1-8,16-17,19H,9-15H2,(H,25,26)(H,27,28). The minimum Gasteiger partial charge on any atom is -0.493 e. The second-order valence-electron chi connectivity index (χ2n) is 7.55. The first-order valence-electron chi connectivity index (χ1n) is 10.5. The minimum atomic E-state index is 0.0768. The van der Waals surface area contributed by atoms with Crippen molar-refractivity contribution in [1.82, 2.24) is 9.97 Å². The highest BCUT2D eigenvalue weighted by molar-refractivity contribution is 5.90. The van der Waals surface area contributed by atoms with E-state index >= 15 is 0 Å². The van der Waals surface area contributed by atoms with Crippen LogP contribution < -0.4 is 10.1 Å². The van der Waals surface area contributed by atoms with E-state index in [-0.39, 0.29) is 5.91 Å².